The van der Waals surface area contributed by atoms with Gasteiger partial charge < -0.3 is 20.4 Å². The molecule has 2 N–H and O–H groups in total. The molecule has 1 fully saturated rings. The molecule has 5 nitrogen and oxygen atoms in total. The summed E-state index contributed by atoms with van der Waals surface area (Å²) in [5.41, 5.74) is 2.60. The van der Waals surface area contributed by atoms with E-state index < -0.39 is 0 Å². The second-order valence-corrected chi connectivity index (χ2v) is 7.18. The highest BCUT2D eigenvalue weighted by Gasteiger charge is 2.19. The fourth-order valence-electron chi connectivity index (χ4n) is 3.61. The van der Waals surface area contributed by atoms with E-state index in [0.29, 0.717) is 6.04 Å². The van der Waals surface area contributed by atoms with Gasteiger partial charge in [0.2, 0.25) is 0 Å². The third-order valence-corrected chi connectivity index (χ3v) is 5.11. The number of likely N-dealkylation sites (tertiary alicyclic amines) is 1. The molecule has 1 saturated heterocycles. The van der Waals surface area contributed by atoms with Crippen molar-refractivity contribution in [3.05, 3.63) is 29.8 Å². The van der Waals surface area contributed by atoms with Crippen molar-refractivity contribution in [1.82, 2.24) is 15.5 Å². The second-order valence-electron chi connectivity index (χ2n) is 7.18. The number of anilines is 1. The minimum absolute atomic E-state index is 0. The fraction of sp³-hybridized carbons (Fsp3) is 0.667. The summed E-state index contributed by atoms with van der Waals surface area (Å²) in [6.07, 6.45) is 3.65. The smallest absolute Gasteiger partial charge is 0.191 e. The van der Waals surface area contributed by atoms with Gasteiger partial charge in [0, 0.05) is 51.5 Å². The van der Waals surface area contributed by atoms with Crippen LogP contribution in [0, 0.1) is 6.92 Å². The number of guanidine groups is 1. The molecule has 0 aromatic heterocycles. The predicted octanol–water partition coefficient (Wildman–Crippen LogP) is 3.48. The van der Waals surface area contributed by atoms with Gasteiger partial charge in [-0.05, 0) is 57.4 Å². The molecule has 154 valence electrons. The van der Waals surface area contributed by atoms with E-state index in [2.05, 4.69) is 70.5 Å². The molecule has 0 saturated carbocycles. The monoisotopic (exact) mass is 487 g/mol. The van der Waals surface area contributed by atoms with Gasteiger partial charge in [0.1, 0.15) is 0 Å². The van der Waals surface area contributed by atoms with Gasteiger partial charge in [0.05, 0.1) is 0 Å². The van der Waals surface area contributed by atoms with Crippen LogP contribution in [0.3, 0.4) is 0 Å². The van der Waals surface area contributed by atoms with Gasteiger partial charge in [-0.3, -0.25) is 4.99 Å². The zero-order valence-electron chi connectivity index (χ0n) is 17.5. The maximum Gasteiger partial charge on any atom is 0.191 e. The minimum Gasteiger partial charge on any atom is -0.370 e. The van der Waals surface area contributed by atoms with Crippen molar-refractivity contribution in [1.29, 1.82) is 0 Å². The number of benzene rings is 1. The van der Waals surface area contributed by atoms with Gasteiger partial charge in [-0.2, -0.15) is 0 Å². The van der Waals surface area contributed by atoms with Crippen LogP contribution in [-0.4, -0.2) is 63.2 Å². The lowest BCUT2D eigenvalue weighted by molar-refractivity contribution is 0.206. The van der Waals surface area contributed by atoms with Crippen molar-refractivity contribution >= 4 is 35.6 Å². The van der Waals surface area contributed by atoms with Crippen LogP contribution in [0.25, 0.3) is 0 Å². The normalized spacial score (nSPS) is 15.9. The summed E-state index contributed by atoms with van der Waals surface area (Å²) in [7, 11) is 1.86. The zero-order chi connectivity index (χ0) is 18.8. The van der Waals surface area contributed by atoms with Gasteiger partial charge >= 0.3 is 0 Å². The minimum atomic E-state index is 0. The van der Waals surface area contributed by atoms with Crippen LogP contribution in [0.1, 0.15) is 38.7 Å². The lowest BCUT2D eigenvalue weighted by Crippen LogP contribution is -2.49. The summed E-state index contributed by atoms with van der Waals surface area (Å²) in [5, 5.41) is 7.09. The van der Waals surface area contributed by atoms with Gasteiger partial charge in [-0.1, -0.05) is 19.1 Å². The SMILES string of the molecule is CCCN1CCC(NC(=NC)NCCN(CC)c2cccc(C)c2)CC1.I. The van der Waals surface area contributed by atoms with E-state index in [1.165, 1.54) is 50.1 Å². The van der Waals surface area contributed by atoms with E-state index in [4.69, 9.17) is 0 Å². The topological polar surface area (TPSA) is 42.9 Å². The Morgan fingerprint density at radius 2 is 2.00 bits per heavy atom. The Morgan fingerprint density at radius 3 is 2.59 bits per heavy atom. The van der Waals surface area contributed by atoms with Crippen LogP contribution >= 0.6 is 24.0 Å². The lowest BCUT2D eigenvalue weighted by atomic mass is 10.1. The predicted molar refractivity (Wildman–Crippen MR) is 129 cm³/mol. The number of aliphatic imine (C=N–C) groups is 1. The number of halogens is 1. The molecule has 2 rings (SSSR count). The number of likely N-dealkylation sites (N-methyl/N-ethyl adjacent to an activating group) is 1. The van der Waals surface area contributed by atoms with E-state index in [9.17, 15) is 0 Å². The molecule has 0 amide bonds. The maximum atomic E-state index is 4.41. The van der Waals surface area contributed by atoms with Crippen molar-refractivity contribution in [2.45, 2.75) is 46.1 Å². The van der Waals surface area contributed by atoms with Gasteiger partial charge in [0.15, 0.2) is 5.96 Å². The number of nitrogens with one attached hydrogen (secondary N) is 2. The van der Waals surface area contributed by atoms with E-state index in [-0.39, 0.29) is 24.0 Å². The number of hydrogen-bond acceptors (Lipinski definition) is 3. The first-order valence-corrected chi connectivity index (χ1v) is 10.2. The molecule has 1 aromatic rings. The number of nitrogens with zero attached hydrogens (tertiary/aromatic N) is 3. The number of rotatable bonds is 8. The first kappa shape index (κ1) is 24.0. The average molecular weight is 487 g/mol. The molecule has 6 heteroatoms. The standard InChI is InChI=1S/C21H37N5.HI/c1-5-13-25-14-10-19(11-15-25)24-21(22-4)23-12-16-26(6-2)20-9-7-8-18(3)17-20;/h7-9,17,19H,5-6,10-16H2,1-4H3,(H2,22,23,24);1H. The molecule has 0 aliphatic carbocycles. The Bertz CT molecular complexity index is 555. The van der Waals surface area contributed by atoms with Crippen molar-refractivity contribution in [2.24, 2.45) is 4.99 Å². The Morgan fingerprint density at radius 1 is 1.26 bits per heavy atom. The summed E-state index contributed by atoms with van der Waals surface area (Å²) in [4.78, 5) is 9.37. The molecule has 0 spiro atoms. The highest BCUT2D eigenvalue weighted by atomic mass is 127. The molecule has 0 radical (unpaired) electrons. The molecule has 1 aromatic carbocycles. The van der Waals surface area contributed by atoms with Gasteiger partial charge in [-0.25, -0.2) is 0 Å². The molecule has 27 heavy (non-hydrogen) atoms. The molecule has 1 aliphatic heterocycles. The van der Waals surface area contributed by atoms with E-state index in [1.54, 1.807) is 0 Å². The molecule has 0 bridgehead atoms. The fourth-order valence-corrected chi connectivity index (χ4v) is 3.61. The number of piperidine rings is 1. The van der Waals surface area contributed by atoms with Crippen LogP contribution < -0.4 is 15.5 Å². The van der Waals surface area contributed by atoms with E-state index >= 15 is 0 Å². The lowest BCUT2D eigenvalue weighted by Gasteiger charge is -2.33. The number of hydrogen-bond donors (Lipinski definition) is 2. The Kier molecular flexibility index (Phi) is 11.7. The Balaban J connectivity index is 0.00000364. The highest BCUT2D eigenvalue weighted by molar-refractivity contribution is 14.0. The maximum absolute atomic E-state index is 4.41. The molecule has 0 atom stereocenters. The van der Waals surface area contributed by atoms with Crippen LogP contribution in [0.2, 0.25) is 0 Å². The molecule has 0 unspecified atom stereocenters. The number of aryl methyl sites for hydroxylation is 1. The summed E-state index contributed by atoms with van der Waals surface area (Å²) in [5.74, 6) is 0.930. The molecule has 1 aliphatic rings. The Labute approximate surface area is 183 Å². The second kappa shape index (κ2) is 13.2. The molecule has 1 heterocycles. The average Bonchev–Trinajstić information content (AvgIpc) is 2.66. The van der Waals surface area contributed by atoms with Crippen molar-refractivity contribution in [3.63, 3.8) is 0 Å². The molecular formula is C21H38IN5. The van der Waals surface area contributed by atoms with Crippen molar-refractivity contribution < 1.29 is 0 Å². The third kappa shape index (κ3) is 8.25. The van der Waals surface area contributed by atoms with Crippen LogP contribution in [0.4, 0.5) is 5.69 Å². The first-order valence-electron chi connectivity index (χ1n) is 10.2. The van der Waals surface area contributed by atoms with Crippen molar-refractivity contribution in [2.75, 3.05) is 51.2 Å². The summed E-state index contributed by atoms with van der Waals surface area (Å²) in [6.45, 7) is 13.1. The largest absolute Gasteiger partial charge is 0.370 e. The summed E-state index contributed by atoms with van der Waals surface area (Å²) < 4.78 is 0. The van der Waals surface area contributed by atoms with Crippen LogP contribution in [0.15, 0.2) is 29.3 Å². The highest BCUT2D eigenvalue weighted by Crippen LogP contribution is 2.15. The van der Waals surface area contributed by atoms with Crippen molar-refractivity contribution in [3.8, 4) is 0 Å². The molecular weight excluding hydrogens is 449 g/mol. The quantitative estimate of drug-likeness (QED) is 0.335. The Hall–Kier alpha value is -1.02. The first-order chi connectivity index (χ1) is 12.7. The van der Waals surface area contributed by atoms with Gasteiger partial charge in [-0.15, -0.1) is 24.0 Å². The van der Waals surface area contributed by atoms with Gasteiger partial charge in [0.25, 0.3) is 0 Å². The van der Waals surface area contributed by atoms with E-state index in [0.717, 1.165) is 25.6 Å². The summed E-state index contributed by atoms with van der Waals surface area (Å²) >= 11 is 0. The zero-order valence-corrected chi connectivity index (χ0v) is 19.8. The van der Waals surface area contributed by atoms with Crippen LogP contribution in [-0.2, 0) is 0 Å². The van der Waals surface area contributed by atoms with E-state index in [1.807, 2.05) is 7.05 Å². The third-order valence-electron chi connectivity index (χ3n) is 5.11. The van der Waals surface area contributed by atoms with Crippen LogP contribution in [0.5, 0.6) is 0 Å². The summed E-state index contributed by atoms with van der Waals surface area (Å²) in [6, 6.07) is 9.25.